The van der Waals surface area contributed by atoms with Crippen LogP contribution >= 0.6 is 0 Å². The number of hydrogen-bond donors (Lipinski definition) is 3. The van der Waals surface area contributed by atoms with Crippen molar-refractivity contribution in [1.82, 2.24) is 5.32 Å². The molecule has 0 radical (unpaired) electrons. The summed E-state index contributed by atoms with van der Waals surface area (Å²) in [7, 11) is 3.11. The van der Waals surface area contributed by atoms with Gasteiger partial charge in [0.25, 0.3) is 0 Å². The summed E-state index contributed by atoms with van der Waals surface area (Å²) in [5, 5.41) is 14.2. The number of ether oxygens (including phenoxy) is 2. The smallest absolute Gasteiger partial charge is 0.234 e. The molecule has 0 heterocycles. The van der Waals surface area contributed by atoms with Crippen LogP contribution in [0.2, 0.25) is 0 Å². The van der Waals surface area contributed by atoms with Crippen molar-refractivity contribution in [2.75, 3.05) is 27.4 Å². The molecule has 0 bridgehead atoms. The van der Waals surface area contributed by atoms with Crippen molar-refractivity contribution in [3.8, 4) is 0 Å². The molecule has 1 amide bonds. The van der Waals surface area contributed by atoms with Gasteiger partial charge >= 0.3 is 0 Å². The second-order valence-electron chi connectivity index (χ2n) is 4.09. The average molecular weight is 245 g/mol. The van der Waals surface area contributed by atoms with Crippen LogP contribution in [0, 0.1) is 5.41 Å². The van der Waals surface area contributed by atoms with Crippen LogP contribution in [0.1, 0.15) is 12.8 Å². The van der Waals surface area contributed by atoms with E-state index in [0.29, 0.717) is 26.0 Å². The highest BCUT2D eigenvalue weighted by atomic mass is 16.5. The van der Waals surface area contributed by atoms with Gasteiger partial charge in [0.15, 0.2) is 5.84 Å². The SMILES string of the molecule is COCC(CNC(=O)C1(C(N)=NO)CC1)OC. The maximum atomic E-state index is 11.9. The number of hydrogen-bond acceptors (Lipinski definition) is 5. The van der Waals surface area contributed by atoms with Gasteiger partial charge in [-0.25, -0.2) is 0 Å². The Morgan fingerprint density at radius 3 is 2.65 bits per heavy atom. The number of rotatable bonds is 7. The molecule has 0 aromatic carbocycles. The van der Waals surface area contributed by atoms with Gasteiger partial charge in [0.05, 0.1) is 12.7 Å². The summed E-state index contributed by atoms with van der Waals surface area (Å²) in [6.45, 7) is 0.733. The molecule has 0 aromatic heterocycles. The Hall–Kier alpha value is -1.34. The molecule has 17 heavy (non-hydrogen) atoms. The maximum absolute atomic E-state index is 11.9. The number of oxime groups is 1. The highest BCUT2D eigenvalue weighted by molar-refractivity contribution is 6.09. The van der Waals surface area contributed by atoms with Gasteiger partial charge in [0.2, 0.25) is 5.91 Å². The van der Waals surface area contributed by atoms with Crippen LogP contribution < -0.4 is 11.1 Å². The quantitative estimate of drug-likeness (QED) is 0.238. The Bertz CT molecular complexity index is 302. The predicted octanol–water partition coefficient (Wildman–Crippen LogP) is -0.709. The molecule has 98 valence electrons. The van der Waals surface area contributed by atoms with E-state index in [1.54, 1.807) is 14.2 Å². The fourth-order valence-electron chi connectivity index (χ4n) is 1.59. The standard InChI is InChI=1S/C10H19N3O4/c1-16-6-7(17-2)5-12-9(14)10(3-4-10)8(11)13-15/h7,15H,3-6H2,1-2H3,(H2,11,13)(H,12,14). The van der Waals surface area contributed by atoms with E-state index in [0.717, 1.165) is 0 Å². The monoisotopic (exact) mass is 245 g/mol. The summed E-state index contributed by atoms with van der Waals surface area (Å²) in [5.41, 5.74) is 4.68. The van der Waals surface area contributed by atoms with E-state index >= 15 is 0 Å². The zero-order valence-corrected chi connectivity index (χ0v) is 10.1. The zero-order valence-electron chi connectivity index (χ0n) is 10.1. The number of nitrogens with two attached hydrogens (primary N) is 1. The molecular weight excluding hydrogens is 226 g/mol. The Labute approximate surface area is 99.9 Å². The Kier molecular flexibility index (Phi) is 4.71. The number of carbonyl (C=O) groups is 1. The number of amides is 1. The van der Waals surface area contributed by atoms with E-state index in [2.05, 4.69) is 10.5 Å². The van der Waals surface area contributed by atoms with Crippen molar-refractivity contribution in [3.05, 3.63) is 0 Å². The van der Waals surface area contributed by atoms with Crippen molar-refractivity contribution >= 4 is 11.7 Å². The molecule has 1 saturated carbocycles. The first-order valence-electron chi connectivity index (χ1n) is 5.38. The molecule has 1 fully saturated rings. The lowest BCUT2D eigenvalue weighted by atomic mass is 10.1. The number of nitrogens with zero attached hydrogens (tertiary/aromatic N) is 1. The number of methoxy groups -OCH3 is 2. The highest BCUT2D eigenvalue weighted by Crippen LogP contribution is 2.45. The largest absolute Gasteiger partial charge is 0.409 e. The van der Waals surface area contributed by atoms with Crippen molar-refractivity contribution in [2.24, 2.45) is 16.3 Å². The van der Waals surface area contributed by atoms with E-state index in [4.69, 9.17) is 20.4 Å². The molecule has 7 heteroatoms. The van der Waals surface area contributed by atoms with Crippen molar-refractivity contribution in [3.63, 3.8) is 0 Å². The predicted molar refractivity (Wildman–Crippen MR) is 60.8 cm³/mol. The third kappa shape index (κ3) is 3.07. The van der Waals surface area contributed by atoms with E-state index in [9.17, 15) is 4.79 Å². The first-order chi connectivity index (χ1) is 8.10. The van der Waals surface area contributed by atoms with E-state index in [1.807, 2.05) is 0 Å². The molecule has 1 aliphatic carbocycles. The lowest BCUT2D eigenvalue weighted by Crippen LogP contribution is -2.44. The molecule has 0 aliphatic heterocycles. The molecule has 7 nitrogen and oxygen atoms in total. The Morgan fingerprint density at radius 2 is 2.24 bits per heavy atom. The molecule has 0 saturated heterocycles. The minimum absolute atomic E-state index is 0.0318. The molecule has 1 rings (SSSR count). The van der Waals surface area contributed by atoms with Crippen molar-refractivity contribution < 1.29 is 19.5 Å². The number of nitrogens with one attached hydrogen (secondary N) is 1. The van der Waals surface area contributed by atoms with Gasteiger partial charge in [-0.05, 0) is 12.8 Å². The molecule has 0 aromatic rings. The Balaban J connectivity index is 2.45. The van der Waals surface area contributed by atoms with E-state index in [1.165, 1.54) is 0 Å². The molecule has 0 spiro atoms. The first kappa shape index (κ1) is 13.7. The van der Waals surface area contributed by atoms with Crippen molar-refractivity contribution in [2.45, 2.75) is 18.9 Å². The van der Waals surface area contributed by atoms with Gasteiger partial charge in [-0.1, -0.05) is 5.16 Å². The van der Waals surface area contributed by atoms with Crippen molar-refractivity contribution in [1.29, 1.82) is 0 Å². The molecule has 1 aliphatic rings. The lowest BCUT2D eigenvalue weighted by Gasteiger charge is -2.18. The normalized spacial score (nSPS) is 19.8. The van der Waals surface area contributed by atoms with Crippen LogP contribution in [0.5, 0.6) is 0 Å². The zero-order chi connectivity index (χ0) is 12.9. The highest BCUT2D eigenvalue weighted by Gasteiger charge is 2.54. The van der Waals surface area contributed by atoms with E-state index < -0.39 is 5.41 Å². The van der Waals surface area contributed by atoms with Gasteiger partial charge in [-0.3, -0.25) is 4.79 Å². The summed E-state index contributed by atoms with van der Waals surface area (Å²) in [5.74, 6) is -0.262. The van der Waals surface area contributed by atoms with Crippen LogP contribution in [0.25, 0.3) is 0 Å². The minimum atomic E-state index is -0.819. The van der Waals surface area contributed by atoms with Crippen LogP contribution in [0.15, 0.2) is 5.16 Å². The third-order valence-corrected chi connectivity index (χ3v) is 2.96. The van der Waals surface area contributed by atoms with Crippen LogP contribution in [0.4, 0.5) is 0 Å². The van der Waals surface area contributed by atoms with Crippen LogP contribution in [-0.2, 0) is 14.3 Å². The minimum Gasteiger partial charge on any atom is -0.409 e. The molecule has 4 N–H and O–H groups in total. The molecule has 1 unspecified atom stereocenters. The fraction of sp³-hybridized carbons (Fsp3) is 0.800. The van der Waals surface area contributed by atoms with Crippen LogP contribution in [0.3, 0.4) is 0 Å². The van der Waals surface area contributed by atoms with Gasteiger partial charge in [0, 0.05) is 20.8 Å². The fourth-order valence-corrected chi connectivity index (χ4v) is 1.59. The average Bonchev–Trinajstić information content (AvgIpc) is 3.14. The lowest BCUT2D eigenvalue weighted by molar-refractivity contribution is -0.124. The van der Waals surface area contributed by atoms with Gasteiger partial charge < -0.3 is 25.7 Å². The molecule has 1 atom stereocenters. The van der Waals surface area contributed by atoms with E-state index in [-0.39, 0.29) is 17.8 Å². The number of carbonyl (C=O) groups excluding carboxylic acids is 1. The number of amidine groups is 1. The summed E-state index contributed by atoms with van der Waals surface area (Å²) < 4.78 is 10.0. The molecular formula is C10H19N3O4. The summed E-state index contributed by atoms with van der Waals surface area (Å²) in [6.07, 6.45) is 1.01. The summed E-state index contributed by atoms with van der Waals surface area (Å²) in [6, 6.07) is 0. The van der Waals surface area contributed by atoms with Gasteiger partial charge in [-0.2, -0.15) is 0 Å². The second kappa shape index (κ2) is 5.83. The Morgan fingerprint density at radius 1 is 1.59 bits per heavy atom. The third-order valence-electron chi connectivity index (χ3n) is 2.96. The summed E-state index contributed by atoms with van der Waals surface area (Å²) >= 11 is 0. The maximum Gasteiger partial charge on any atom is 0.234 e. The van der Waals surface area contributed by atoms with Gasteiger partial charge in [0.1, 0.15) is 5.41 Å². The summed E-state index contributed by atoms with van der Waals surface area (Å²) in [4.78, 5) is 11.9. The topological polar surface area (TPSA) is 106 Å². The van der Waals surface area contributed by atoms with Crippen LogP contribution in [-0.4, -0.2) is 50.4 Å². The second-order valence-corrected chi connectivity index (χ2v) is 4.09. The first-order valence-corrected chi connectivity index (χ1v) is 5.38. The van der Waals surface area contributed by atoms with Gasteiger partial charge in [-0.15, -0.1) is 0 Å².